The molecule has 0 aliphatic carbocycles. The van der Waals surface area contributed by atoms with Gasteiger partial charge < -0.3 is 5.11 Å². The van der Waals surface area contributed by atoms with E-state index in [1.807, 2.05) is 13.8 Å². The Bertz CT molecular complexity index is 650. The van der Waals surface area contributed by atoms with Gasteiger partial charge in [0.2, 0.25) is 0 Å². The molecule has 5 nitrogen and oxygen atoms in total. The Labute approximate surface area is 97.9 Å². The Hall–Kier alpha value is -2.04. The molecule has 1 heterocycles. The fourth-order valence-corrected chi connectivity index (χ4v) is 2.19. The van der Waals surface area contributed by atoms with Crippen molar-refractivity contribution in [3.8, 4) is 0 Å². The van der Waals surface area contributed by atoms with Gasteiger partial charge in [-0.25, -0.2) is 9.48 Å². The van der Waals surface area contributed by atoms with Crippen LogP contribution in [0.1, 0.15) is 30.2 Å². The molecule has 2 aromatic rings. The first kappa shape index (κ1) is 11.4. The minimum atomic E-state index is -1.02. The number of rotatable bonds is 2. The molecule has 1 N–H and O–H groups in total. The summed E-state index contributed by atoms with van der Waals surface area (Å²) >= 11 is 0. The molecule has 0 aliphatic heterocycles. The number of para-hydroxylation sites is 1. The molecule has 90 valence electrons. The Morgan fingerprint density at radius 3 is 2.53 bits per heavy atom. The van der Waals surface area contributed by atoms with Crippen molar-refractivity contribution >= 4 is 16.9 Å². The number of hydrogen-bond acceptors (Lipinski definition) is 2. The average molecular weight is 234 g/mol. The lowest BCUT2D eigenvalue weighted by atomic mass is 10.1. The number of aromatic nitrogens is 2. The normalized spacial score (nSPS) is 11.3. The molecular formula is C12H14N2O3. The second kappa shape index (κ2) is 3.76. The first-order chi connectivity index (χ1) is 7.95. The predicted molar refractivity (Wildman–Crippen MR) is 64.5 cm³/mol. The van der Waals surface area contributed by atoms with Gasteiger partial charge in [0.25, 0.3) is 5.56 Å². The highest BCUT2D eigenvalue weighted by molar-refractivity contribution is 6.01. The zero-order valence-corrected chi connectivity index (χ0v) is 9.97. The summed E-state index contributed by atoms with van der Waals surface area (Å²) in [6, 6.07) is 4.75. The van der Waals surface area contributed by atoms with Gasteiger partial charge in [0, 0.05) is 13.1 Å². The maximum Gasteiger partial charge on any atom is 0.337 e. The number of aryl methyl sites for hydroxylation is 1. The molecule has 0 bridgehead atoms. The topological polar surface area (TPSA) is 64.2 Å². The van der Waals surface area contributed by atoms with Gasteiger partial charge in [-0.3, -0.25) is 9.48 Å². The smallest absolute Gasteiger partial charge is 0.337 e. The Morgan fingerprint density at radius 2 is 2.00 bits per heavy atom. The molecule has 0 unspecified atom stereocenters. The second-order valence-electron chi connectivity index (χ2n) is 4.27. The van der Waals surface area contributed by atoms with Crippen molar-refractivity contribution in [2.24, 2.45) is 7.05 Å². The number of carboxylic acids is 1. The molecule has 0 atom stereocenters. The first-order valence-corrected chi connectivity index (χ1v) is 5.38. The number of hydrogen-bond donors (Lipinski definition) is 1. The van der Waals surface area contributed by atoms with Crippen LogP contribution < -0.4 is 5.56 Å². The molecule has 5 heteroatoms. The van der Waals surface area contributed by atoms with Crippen molar-refractivity contribution in [1.29, 1.82) is 0 Å². The van der Waals surface area contributed by atoms with Gasteiger partial charge in [-0.15, -0.1) is 0 Å². The van der Waals surface area contributed by atoms with Gasteiger partial charge >= 0.3 is 5.97 Å². The Kier molecular flexibility index (Phi) is 2.53. The monoisotopic (exact) mass is 234 g/mol. The van der Waals surface area contributed by atoms with Gasteiger partial charge in [0.15, 0.2) is 0 Å². The van der Waals surface area contributed by atoms with Crippen molar-refractivity contribution in [2.75, 3.05) is 0 Å². The number of fused-ring (bicyclic) bond motifs is 1. The summed E-state index contributed by atoms with van der Waals surface area (Å²) in [5.41, 5.74) is 0.473. The maximum atomic E-state index is 12.1. The zero-order valence-electron chi connectivity index (χ0n) is 9.97. The number of carbonyl (C=O) groups is 1. The van der Waals surface area contributed by atoms with Crippen LogP contribution in [0.15, 0.2) is 23.0 Å². The fraction of sp³-hybridized carbons (Fsp3) is 0.333. The second-order valence-corrected chi connectivity index (χ2v) is 4.27. The minimum absolute atomic E-state index is 0.0125. The highest BCUT2D eigenvalue weighted by Crippen LogP contribution is 2.18. The van der Waals surface area contributed by atoms with Crippen molar-refractivity contribution in [2.45, 2.75) is 19.9 Å². The highest BCUT2D eigenvalue weighted by atomic mass is 16.4. The van der Waals surface area contributed by atoms with Crippen LogP contribution in [0.25, 0.3) is 10.9 Å². The van der Waals surface area contributed by atoms with E-state index in [4.69, 9.17) is 5.11 Å². The summed E-state index contributed by atoms with van der Waals surface area (Å²) in [7, 11) is 1.70. The van der Waals surface area contributed by atoms with Crippen LogP contribution in [-0.2, 0) is 7.05 Å². The molecule has 0 aliphatic rings. The number of nitrogens with zero attached hydrogens (tertiary/aromatic N) is 2. The zero-order chi connectivity index (χ0) is 12.7. The summed E-state index contributed by atoms with van der Waals surface area (Å²) in [5, 5.41) is 9.57. The van der Waals surface area contributed by atoms with E-state index in [2.05, 4.69) is 0 Å². The quantitative estimate of drug-likeness (QED) is 0.858. The summed E-state index contributed by atoms with van der Waals surface area (Å²) in [6.45, 7) is 3.78. The number of benzene rings is 1. The van der Waals surface area contributed by atoms with Crippen molar-refractivity contribution < 1.29 is 9.90 Å². The SMILES string of the molecule is CC(C)n1c(=O)c2cccc(C(=O)O)c2n1C. The van der Waals surface area contributed by atoms with Gasteiger partial charge in [-0.1, -0.05) is 6.07 Å². The number of carboxylic acid groups (broad SMARTS) is 1. The standard InChI is InChI=1S/C12H14N2O3/c1-7(2)14-11(15)8-5-4-6-9(12(16)17)10(8)13(14)3/h4-7H,1-3H3,(H,16,17). The third kappa shape index (κ3) is 1.54. The fourth-order valence-electron chi connectivity index (χ4n) is 2.19. The van der Waals surface area contributed by atoms with Crippen molar-refractivity contribution in [3.05, 3.63) is 34.1 Å². The summed E-state index contributed by atoms with van der Waals surface area (Å²) < 4.78 is 3.17. The number of aromatic carboxylic acids is 1. The molecule has 2 rings (SSSR count). The minimum Gasteiger partial charge on any atom is -0.478 e. The third-order valence-electron chi connectivity index (χ3n) is 2.84. The van der Waals surface area contributed by atoms with Gasteiger partial charge in [0.1, 0.15) is 0 Å². The Morgan fingerprint density at radius 1 is 1.35 bits per heavy atom. The van der Waals surface area contributed by atoms with E-state index in [9.17, 15) is 9.59 Å². The van der Waals surface area contributed by atoms with Crippen molar-refractivity contribution in [3.63, 3.8) is 0 Å². The third-order valence-corrected chi connectivity index (χ3v) is 2.84. The van der Waals surface area contributed by atoms with E-state index < -0.39 is 5.97 Å². The highest BCUT2D eigenvalue weighted by Gasteiger charge is 2.18. The molecule has 1 aromatic heterocycles. The van der Waals surface area contributed by atoms with Crippen LogP contribution in [0, 0.1) is 0 Å². The molecule has 0 saturated carbocycles. The molecular weight excluding hydrogens is 220 g/mol. The van der Waals surface area contributed by atoms with Crippen LogP contribution in [0.2, 0.25) is 0 Å². The average Bonchev–Trinajstić information content (AvgIpc) is 2.51. The van der Waals surface area contributed by atoms with Gasteiger partial charge in [-0.2, -0.15) is 0 Å². The van der Waals surface area contributed by atoms with E-state index in [0.29, 0.717) is 10.9 Å². The first-order valence-electron chi connectivity index (χ1n) is 5.38. The van der Waals surface area contributed by atoms with E-state index in [0.717, 1.165) is 0 Å². The largest absolute Gasteiger partial charge is 0.478 e. The molecule has 1 aromatic carbocycles. The lowest BCUT2D eigenvalue weighted by Gasteiger charge is -2.11. The van der Waals surface area contributed by atoms with E-state index in [1.54, 1.807) is 28.5 Å². The van der Waals surface area contributed by atoms with Crippen molar-refractivity contribution in [1.82, 2.24) is 9.36 Å². The lowest BCUT2D eigenvalue weighted by molar-refractivity contribution is 0.0698. The maximum absolute atomic E-state index is 12.1. The molecule has 17 heavy (non-hydrogen) atoms. The summed E-state index contributed by atoms with van der Waals surface area (Å²) in [5.74, 6) is -1.02. The van der Waals surface area contributed by atoms with Crippen LogP contribution in [0.4, 0.5) is 0 Å². The van der Waals surface area contributed by atoms with Gasteiger partial charge in [-0.05, 0) is 26.0 Å². The van der Waals surface area contributed by atoms with E-state index >= 15 is 0 Å². The van der Waals surface area contributed by atoms with Crippen LogP contribution >= 0.6 is 0 Å². The molecule has 0 spiro atoms. The van der Waals surface area contributed by atoms with Gasteiger partial charge in [0.05, 0.1) is 16.5 Å². The van der Waals surface area contributed by atoms with Crippen LogP contribution in [0.3, 0.4) is 0 Å². The van der Waals surface area contributed by atoms with E-state index in [-0.39, 0.29) is 17.2 Å². The predicted octanol–water partition coefficient (Wildman–Crippen LogP) is 1.62. The van der Waals surface area contributed by atoms with Crippen LogP contribution in [0.5, 0.6) is 0 Å². The molecule has 0 fully saturated rings. The molecule has 0 radical (unpaired) electrons. The summed E-state index contributed by atoms with van der Waals surface area (Å²) in [4.78, 5) is 23.2. The molecule has 0 saturated heterocycles. The van der Waals surface area contributed by atoms with Crippen LogP contribution in [-0.4, -0.2) is 20.4 Å². The lowest BCUT2D eigenvalue weighted by Crippen LogP contribution is -2.23. The van der Waals surface area contributed by atoms with E-state index in [1.165, 1.54) is 6.07 Å². The Balaban J connectivity index is 2.98. The molecule has 0 amide bonds. The summed E-state index contributed by atoms with van der Waals surface area (Å²) in [6.07, 6.45) is 0.